The van der Waals surface area contributed by atoms with Crippen LogP contribution in [0.3, 0.4) is 0 Å². The molecule has 0 fully saturated rings. The molecule has 0 saturated carbocycles. The highest BCUT2D eigenvalue weighted by molar-refractivity contribution is 7.92. The summed E-state index contributed by atoms with van der Waals surface area (Å²) in [4.78, 5) is 3.72. The van der Waals surface area contributed by atoms with Crippen LogP contribution in [-0.2, 0) is 10.0 Å². The smallest absolute Gasteiger partial charge is 0.263 e. The summed E-state index contributed by atoms with van der Waals surface area (Å²) in [5, 5.41) is 0. The van der Waals surface area contributed by atoms with Gasteiger partial charge in [0.15, 0.2) is 11.6 Å². The lowest BCUT2D eigenvalue weighted by atomic mass is 10.3. The molecular formula is C13H14FN3O3S. The molecule has 112 valence electrons. The van der Waals surface area contributed by atoms with Gasteiger partial charge in [-0.15, -0.1) is 0 Å². The molecule has 0 spiro atoms. The number of benzene rings is 1. The van der Waals surface area contributed by atoms with E-state index in [0.29, 0.717) is 5.69 Å². The van der Waals surface area contributed by atoms with E-state index in [-0.39, 0.29) is 22.2 Å². The van der Waals surface area contributed by atoms with E-state index < -0.39 is 15.8 Å². The Kier molecular flexibility index (Phi) is 3.99. The fraction of sp³-hybridized carbons (Fsp3) is 0.154. The number of aromatic nitrogens is 1. The maximum absolute atomic E-state index is 13.7. The lowest BCUT2D eigenvalue weighted by Crippen LogP contribution is -2.15. The molecular weight excluding hydrogens is 297 g/mol. The second-order valence-electron chi connectivity index (χ2n) is 4.30. The van der Waals surface area contributed by atoms with Gasteiger partial charge in [0.2, 0.25) is 0 Å². The molecule has 0 bridgehead atoms. The third-order valence-corrected chi connectivity index (χ3v) is 4.02. The van der Waals surface area contributed by atoms with Crippen LogP contribution < -0.4 is 15.2 Å². The van der Waals surface area contributed by atoms with E-state index >= 15 is 0 Å². The number of sulfonamides is 1. The summed E-state index contributed by atoms with van der Waals surface area (Å²) in [5.41, 5.74) is 6.12. The molecule has 1 aromatic carbocycles. The highest BCUT2D eigenvalue weighted by atomic mass is 32.2. The molecule has 2 aromatic rings. The largest absolute Gasteiger partial charge is 0.492 e. The van der Waals surface area contributed by atoms with Crippen molar-refractivity contribution in [2.45, 2.75) is 11.8 Å². The normalized spacial score (nSPS) is 11.2. The van der Waals surface area contributed by atoms with Crippen molar-refractivity contribution < 1.29 is 17.5 Å². The average Bonchev–Trinajstić information content (AvgIpc) is 2.37. The summed E-state index contributed by atoms with van der Waals surface area (Å²) in [5.74, 6) is -0.900. The van der Waals surface area contributed by atoms with Gasteiger partial charge in [-0.3, -0.25) is 4.72 Å². The molecule has 3 N–H and O–H groups in total. The van der Waals surface area contributed by atoms with E-state index in [1.165, 1.54) is 13.2 Å². The van der Waals surface area contributed by atoms with E-state index in [9.17, 15) is 12.8 Å². The van der Waals surface area contributed by atoms with Gasteiger partial charge in [-0.2, -0.15) is 0 Å². The van der Waals surface area contributed by atoms with E-state index in [1.807, 2.05) is 0 Å². The molecule has 0 atom stereocenters. The average molecular weight is 311 g/mol. The Balaban J connectivity index is 2.40. The van der Waals surface area contributed by atoms with Crippen LogP contribution in [0, 0.1) is 12.7 Å². The lowest BCUT2D eigenvalue weighted by molar-refractivity contribution is 0.388. The molecule has 0 amide bonds. The third kappa shape index (κ3) is 3.22. The number of anilines is 2. The van der Waals surface area contributed by atoms with Gasteiger partial charge in [0.1, 0.15) is 5.82 Å². The molecule has 6 nitrogen and oxygen atoms in total. The summed E-state index contributed by atoms with van der Waals surface area (Å²) in [7, 11) is -2.74. The predicted molar refractivity (Wildman–Crippen MR) is 77.1 cm³/mol. The Morgan fingerprint density at radius 3 is 2.62 bits per heavy atom. The number of hydrogen-bond donors (Lipinski definition) is 2. The highest BCUT2D eigenvalue weighted by Crippen LogP contribution is 2.29. The fourth-order valence-corrected chi connectivity index (χ4v) is 2.80. The quantitative estimate of drug-likeness (QED) is 0.841. The Bertz CT molecular complexity index is 755. The van der Waals surface area contributed by atoms with Gasteiger partial charge in [0, 0.05) is 5.69 Å². The molecule has 0 unspecified atom stereocenters. The van der Waals surface area contributed by atoms with Gasteiger partial charge in [-0.25, -0.2) is 17.8 Å². The Morgan fingerprint density at radius 2 is 2.05 bits per heavy atom. The van der Waals surface area contributed by atoms with E-state index in [4.69, 9.17) is 10.5 Å². The molecule has 21 heavy (non-hydrogen) atoms. The van der Waals surface area contributed by atoms with Crippen molar-refractivity contribution in [1.29, 1.82) is 0 Å². The first-order chi connectivity index (χ1) is 9.83. The first-order valence-corrected chi connectivity index (χ1v) is 7.41. The van der Waals surface area contributed by atoms with Crippen LogP contribution >= 0.6 is 0 Å². The minimum atomic E-state index is -3.99. The zero-order valence-corrected chi connectivity index (χ0v) is 12.2. The van der Waals surface area contributed by atoms with Gasteiger partial charge >= 0.3 is 0 Å². The van der Waals surface area contributed by atoms with Gasteiger partial charge in [0.25, 0.3) is 10.0 Å². The number of nitrogens with zero attached hydrogens (tertiary/aromatic N) is 1. The fourth-order valence-electron chi connectivity index (χ4n) is 1.76. The second-order valence-corrected chi connectivity index (χ2v) is 5.98. The topological polar surface area (TPSA) is 94.3 Å². The highest BCUT2D eigenvalue weighted by Gasteiger charge is 2.19. The van der Waals surface area contributed by atoms with Gasteiger partial charge in [0.05, 0.1) is 17.7 Å². The van der Waals surface area contributed by atoms with E-state index in [0.717, 1.165) is 12.1 Å². The zero-order chi connectivity index (χ0) is 15.6. The van der Waals surface area contributed by atoms with Crippen molar-refractivity contribution in [3.05, 3.63) is 41.8 Å². The van der Waals surface area contributed by atoms with Crippen LogP contribution in [0.5, 0.6) is 5.75 Å². The number of methoxy groups -OCH3 is 1. The number of pyridine rings is 1. The third-order valence-electron chi connectivity index (χ3n) is 2.69. The molecule has 2 rings (SSSR count). The number of halogens is 1. The minimum absolute atomic E-state index is 0.102. The van der Waals surface area contributed by atoms with Crippen molar-refractivity contribution in [2.75, 3.05) is 17.6 Å². The van der Waals surface area contributed by atoms with Crippen LogP contribution in [0.2, 0.25) is 0 Å². The number of nitrogens with one attached hydrogen (secondary N) is 1. The zero-order valence-electron chi connectivity index (χ0n) is 11.4. The molecule has 0 aliphatic rings. The van der Waals surface area contributed by atoms with Gasteiger partial charge < -0.3 is 10.5 Å². The van der Waals surface area contributed by atoms with Crippen LogP contribution in [0.25, 0.3) is 0 Å². The Labute approximate surface area is 121 Å². The van der Waals surface area contributed by atoms with E-state index in [2.05, 4.69) is 9.71 Å². The Hall–Kier alpha value is -2.35. The Morgan fingerprint density at radius 1 is 1.33 bits per heavy atom. The van der Waals surface area contributed by atoms with Crippen LogP contribution in [-0.4, -0.2) is 20.5 Å². The van der Waals surface area contributed by atoms with Crippen LogP contribution in [0.15, 0.2) is 35.2 Å². The summed E-state index contributed by atoms with van der Waals surface area (Å²) in [6.07, 6.45) is 0. The molecule has 1 heterocycles. The van der Waals surface area contributed by atoms with Gasteiger partial charge in [-0.1, -0.05) is 6.07 Å². The first-order valence-electron chi connectivity index (χ1n) is 5.93. The second kappa shape index (κ2) is 5.57. The number of aryl methyl sites for hydroxylation is 1. The molecule has 0 saturated heterocycles. The molecule has 0 radical (unpaired) electrons. The first kappa shape index (κ1) is 15.0. The number of rotatable bonds is 4. The van der Waals surface area contributed by atoms with Gasteiger partial charge in [-0.05, 0) is 31.2 Å². The monoisotopic (exact) mass is 311 g/mol. The minimum Gasteiger partial charge on any atom is -0.492 e. The summed E-state index contributed by atoms with van der Waals surface area (Å²) >= 11 is 0. The van der Waals surface area contributed by atoms with Crippen molar-refractivity contribution in [2.24, 2.45) is 0 Å². The number of nitrogen functional groups attached to an aromatic ring is 1. The van der Waals surface area contributed by atoms with E-state index in [1.54, 1.807) is 19.1 Å². The lowest BCUT2D eigenvalue weighted by Gasteiger charge is -2.11. The van der Waals surface area contributed by atoms with Crippen molar-refractivity contribution in [3.8, 4) is 5.75 Å². The summed E-state index contributed by atoms with van der Waals surface area (Å²) in [6, 6.07) is 6.84. The molecule has 0 aliphatic heterocycles. The molecule has 8 heteroatoms. The maximum atomic E-state index is 13.7. The predicted octanol–water partition coefficient (Wildman–Crippen LogP) is 1.92. The van der Waals surface area contributed by atoms with Crippen molar-refractivity contribution in [3.63, 3.8) is 0 Å². The number of nitrogens with two attached hydrogens (primary N) is 1. The van der Waals surface area contributed by atoms with Crippen molar-refractivity contribution in [1.82, 2.24) is 4.98 Å². The maximum Gasteiger partial charge on any atom is 0.263 e. The van der Waals surface area contributed by atoms with Crippen molar-refractivity contribution >= 4 is 21.5 Å². The number of hydrogen-bond acceptors (Lipinski definition) is 5. The molecule has 1 aromatic heterocycles. The summed E-state index contributed by atoms with van der Waals surface area (Å²) < 4.78 is 45.2. The number of ether oxygens (including phenoxy) is 1. The van der Waals surface area contributed by atoms with Crippen LogP contribution in [0.4, 0.5) is 15.9 Å². The molecule has 0 aliphatic carbocycles. The summed E-state index contributed by atoms with van der Waals surface area (Å²) in [6.45, 7) is 1.73. The standard InChI is InChI=1S/C13H14FN3O3S/c1-8-4-3-5-12(16-8)17-21(18,19)9-6-10(14)13(20-2)11(15)7-9/h3-7H,15H2,1-2H3,(H,16,17). The van der Waals surface area contributed by atoms with Crippen LogP contribution in [0.1, 0.15) is 5.69 Å². The SMILES string of the molecule is COc1c(N)cc(S(=O)(=O)Nc2cccc(C)n2)cc1F.